The number of hydrogen-bond acceptors (Lipinski definition) is 2. The van der Waals surface area contributed by atoms with Crippen LogP contribution in [0.5, 0.6) is 0 Å². The highest BCUT2D eigenvalue weighted by atomic mass is 16.1. The minimum Gasteiger partial charge on any atom is -0.349 e. The number of carbonyl (C=O) groups is 1. The molecule has 2 rings (SSSR count). The number of rotatable bonds is 3. The molecule has 0 radical (unpaired) electrons. The molecule has 100 valence electrons. The number of hydrogen-bond donors (Lipinski definition) is 2. The van der Waals surface area contributed by atoms with Crippen molar-refractivity contribution in [2.24, 2.45) is 0 Å². The quantitative estimate of drug-likeness (QED) is 0.855. The number of nitrogens with zero attached hydrogens (tertiary/aromatic N) is 1. The van der Waals surface area contributed by atoms with E-state index < -0.39 is 0 Å². The Labute approximate surface area is 109 Å². The molecule has 2 N–H and O–H groups in total. The van der Waals surface area contributed by atoms with Crippen LogP contribution in [0.3, 0.4) is 0 Å². The zero-order valence-electron chi connectivity index (χ0n) is 11.5. The summed E-state index contributed by atoms with van der Waals surface area (Å²) < 4.78 is 2.18. The Morgan fingerprint density at radius 3 is 2.67 bits per heavy atom. The minimum atomic E-state index is 0.0784. The van der Waals surface area contributed by atoms with E-state index in [2.05, 4.69) is 29.0 Å². The van der Waals surface area contributed by atoms with Crippen LogP contribution in [-0.4, -0.2) is 29.6 Å². The summed E-state index contributed by atoms with van der Waals surface area (Å²) in [6, 6.07) is 2.32. The first-order chi connectivity index (χ1) is 8.63. The van der Waals surface area contributed by atoms with Gasteiger partial charge < -0.3 is 15.2 Å². The van der Waals surface area contributed by atoms with E-state index in [1.54, 1.807) is 0 Å². The predicted octanol–water partition coefficient (Wildman–Crippen LogP) is 1.61. The maximum absolute atomic E-state index is 12.3. The van der Waals surface area contributed by atoms with Gasteiger partial charge in [-0.3, -0.25) is 4.79 Å². The van der Waals surface area contributed by atoms with E-state index in [9.17, 15) is 4.79 Å². The highest BCUT2D eigenvalue weighted by Crippen LogP contribution is 2.15. The van der Waals surface area contributed by atoms with Gasteiger partial charge in [0.25, 0.3) is 5.91 Å². The summed E-state index contributed by atoms with van der Waals surface area (Å²) in [5.41, 5.74) is 3.06. The molecule has 1 aliphatic heterocycles. The van der Waals surface area contributed by atoms with Crippen LogP contribution >= 0.6 is 0 Å². The topological polar surface area (TPSA) is 46.1 Å². The molecule has 1 saturated heterocycles. The van der Waals surface area contributed by atoms with Gasteiger partial charge in [0.15, 0.2) is 0 Å². The largest absolute Gasteiger partial charge is 0.349 e. The lowest BCUT2D eigenvalue weighted by atomic mass is 10.1. The van der Waals surface area contributed by atoms with Crippen molar-refractivity contribution in [3.63, 3.8) is 0 Å². The molecule has 1 fully saturated rings. The number of piperidine rings is 1. The lowest BCUT2D eigenvalue weighted by molar-refractivity contribution is 0.0929. The summed E-state index contributed by atoms with van der Waals surface area (Å²) >= 11 is 0. The maximum atomic E-state index is 12.3. The first-order valence-corrected chi connectivity index (χ1v) is 6.81. The zero-order chi connectivity index (χ0) is 13.1. The van der Waals surface area contributed by atoms with Crippen LogP contribution in [0.4, 0.5) is 0 Å². The molecule has 18 heavy (non-hydrogen) atoms. The van der Waals surface area contributed by atoms with Crippen LogP contribution in [0, 0.1) is 13.8 Å². The fourth-order valence-electron chi connectivity index (χ4n) is 2.75. The van der Waals surface area contributed by atoms with E-state index in [1.165, 1.54) is 0 Å². The first-order valence-electron chi connectivity index (χ1n) is 6.81. The smallest absolute Gasteiger partial charge is 0.253 e. The van der Waals surface area contributed by atoms with E-state index in [0.29, 0.717) is 6.04 Å². The van der Waals surface area contributed by atoms with Gasteiger partial charge >= 0.3 is 0 Å². The normalized spacial score (nSPS) is 16.8. The monoisotopic (exact) mass is 249 g/mol. The van der Waals surface area contributed by atoms with Crippen molar-refractivity contribution in [2.45, 2.75) is 46.2 Å². The van der Waals surface area contributed by atoms with Crippen LogP contribution in [0.25, 0.3) is 0 Å². The van der Waals surface area contributed by atoms with Gasteiger partial charge in [-0.25, -0.2) is 0 Å². The van der Waals surface area contributed by atoms with Crippen molar-refractivity contribution in [3.8, 4) is 0 Å². The van der Waals surface area contributed by atoms with Gasteiger partial charge in [-0.15, -0.1) is 0 Å². The molecular weight excluding hydrogens is 226 g/mol. The van der Waals surface area contributed by atoms with Crippen molar-refractivity contribution < 1.29 is 4.79 Å². The minimum absolute atomic E-state index is 0.0784. The second-order valence-electron chi connectivity index (χ2n) is 5.03. The Balaban J connectivity index is 2.08. The molecule has 0 bridgehead atoms. The average molecular weight is 249 g/mol. The van der Waals surface area contributed by atoms with Crippen LogP contribution < -0.4 is 10.6 Å². The summed E-state index contributed by atoms with van der Waals surface area (Å²) in [6.07, 6.45) is 2.05. The number of nitrogens with one attached hydrogen (secondary N) is 2. The molecule has 0 saturated carbocycles. The molecule has 0 unspecified atom stereocenters. The Morgan fingerprint density at radius 1 is 1.44 bits per heavy atom. The van der Waals surface area contributed by atoms with Crippen molar-refractivity contribution in [1.29, 1.82) is 0 Å². The average Bonchev–Trinajstić information content (AvgIpc) is 2.65. The summed E-state index contributed by atoms with van der Waals surface area (Å²) in [4.78, 5) is 12.3. The summed E-state index contributed by atoms with van der Waals surface area (Å²) in [5, 5.41) is 6.45. The third-order valence-electron chi connectivity index (χ3n) is 3.81. The molecule has 0 atom stereocenters. The number of amides is 1. The number of aryl methyl sites for hydroxylation is 1. The van der Waals surface area contributed by atoms with E-state index in [4.69, 9.17) is 0 Å². The third kappa shape index (κ3) is 2.58. The molecule has 2 heterocycles. The Hall–Kier alpha value is -1.29. The SMILES string of the molecule is CCn1c(C)cc(C(=O)NC2CCNCC2)c1C. The van der Waals surface area contributed by atoms with Gasteiger partial charge in [-0.05, 0) is 52.8 Å². The molecule has 0 aromatic carbocycles. The van der Waals surface area contributed by atoms with Crippen LogP contribution in [-0.2, 0) is 6.54 Å². The summed E-state index contributed by atoms with van der Waals surface area (Å²) in [7, 11) is 0. The molecule has 1 aromatic heterocycles. The summed E-state index contributed by atoms with van der Waals surface area (Å²) in [6.45, 7) is 9.09. The Kier molecular flexibility index (Phi) is 4.07. The highest BCUT2D eigenvalue weighted by Gasteiger charge is 2.19. The van der Waals surface area contributed by atoms with Crippen molar-refractivity contribution in [1.82, 2.24) is 15.2 Å². The van der Waals surface area contributed by atoms with E-state index in [1.807, 2.05) is 13.0 Å². The van der Waals surface area contributed by atoms with Crippen LogP contribution in [0.2, 0.25) is 0 Å². The molecule has 1 aromatic rings. The lowest BCUT2D eigenvalue weighted by Crippen LogP contribution is -2.42. The van der Waals surface area contributed by atoms with Gasteiger partial charge in [0, 0.05) is 24.0 Å². The lowest BCUT2D eigenvalue weighted by Gasteiger charge is -2.23. The molecule has 1 amide bonds. The van der Waals surface area contributed by atoms with Crippen molar-refractivity contribution in [3.05, 3.63) is 23.0 Å². The second-order valence-corrected chi connectivity index (χ2v) is 5.03. The van der Waals surface area contributed by atoms with Gasteiger partial charge in [-0.1, -0.05) is 0 Å². The maximum Gasteiger partial charge on any atom is 0.253 e. The standard InChI is InChI=1S/C14H23N3O/c1-4-17-10(2)9-13(11(17)3)14(18)16-12-5-7-15-8-6-12/h9,12,15H,4-8H2,1-3H3,(H,16,18). The van der Waals surface area contributed by atoms with E-state index in [-0.39, 0.29) is 5.91 Å². The molecule has 4 heteroatoms. The molecular formula is C14H23N3O. The molecule has 0 spiro atoms. The van der Waals surface area contributed by atoms with Crippen molar-refractivity contribution in [2.75, 3.05) is 13.1 Å². The molecule has 0 aliphatic carbocycles. The Bertz CT molecular complexity index is 430. The Morgan fingerprint density at radius 2 is 2.11 bits per heavy atom. The number of carbonyl (C=O) groups excluding carboxylic acids is 1. The third-order valence-corrected chi connectivity index (χ3v) is 3.81. The fourth-order valence-corrected chi connectivity index (χ4v) is 2.75. The molecule has 1 aliphatic rings. The van der Waals surface area contributed by atoms with Crippen LogP contribution in [0.15, 0.2) is 6.07 Å². The van der Waals surface area contributed by atoms with E-state index >= 15 is 0 Å². The van der Waals surface area contributed by atoms with Gasteiger partial charge in [-0.2, -0.15) is 0 Å². The predicted molar refractivity (Wildman–Crippen MR) is 72.9 cm³/mol. The van der Waals surface area contributed by atoms with Gasteiger partial charge in [0.2, 0.25) is 0 Å². The zero-order valence-corrected chi connectivity index (χ0v) is 11.5. The second kappa shape index (κ2) is 5.57. The van der Waals surface area contributed by atoms with Gasteiger partial charge in [0.05, 0.1) is 5.56 Å². The van der Waals surface area contributed by atoms with E-state index in [0.717, 1.165) is 49.4 Å². The highest BCUT2D eigenvalue weighted by molar-refractivity contribution is 5.95. The van der Waals surface area contributed by atoms with Crippen LogP contribution in [0.1, 0.15) is 41.5 Å². The molecule has 4 nitrogen and oxygen atoms in total. The first kappa shape index (κ1) is 13.1. The fraction of sp³-hybridized carbons (Fsp3) is 0.643. The number of aromatic nitrogens is 1. The van der Waals surface area contributed by atoms with Crippen molar-refractivity contribution >= 4 is 5.91 Å². The summed E-state index contributed by atoms with van der Waals surface area (Å²) in [5.74, 6) is 0.0784. The van der Waals surface area contributed by atoms with Gasteiger partial charge in [0.1, 0.15) is 0 Å².